The van der Waals surface area contributed by atoms with E-state index in [0.717, 1.165) is 19.4 Å². The maximum absolute atomic E-state index is 11.8. The molecule has 7 nitrogen and oxygen atoms in total. The number of nitrogens with one attached hydrogen (secondary N) is 1. The number of hydrogen-bond acceptors (Lipinski definition) is 5. The van der Waals surface area contributed by atoms with Crippen molar-refractivity contribution in [3.05, 3.63) is 0 Å². The van der Waals surface area contributed by atoms with Crippen LogP contribution in [-0.2, 0) is 19.4 Å². The molecule has 136 valence electrons. The fourth-order valence-corrected chi connectivity index (χ4v) is 3.16. The van der Waals surface area contributed by atoms with Gasteiger partial charge in [0.25, 0.3) is 0 Å². The molecule has 1 saturated heterocycles. The summed E-state index contributed by atoms with van der Waals surface area (Å²) in [7, 11) is -1.25. The van der Waals surface area contributed by atoms with Crippen molar-refractivity contribution < 1.29 is 17.9 Å². The Balaban J connectivity index is 0.00000484. The van der Waals surface area contributed by atoms with Gasteiger partial charge in [0.1, 0.15) is 9.84 Å². The highest BCUT2D eigenvalue weighted by Crippen LogP contribution is 2.18. The number of carbonyl (C=O) groups is 1. The number of guanidine groups is 1. The number of likely N-dealkylation sites (tertiary alicyclic amines) is 1. The maximum atomic E-state index is 11.8. The van der Waals surface area contributed by atoms with E-state index in [2.05, 4.69) is 10.3 Å². The molecular weight excluding hydrogens is 433 g/mol. The number of piperidine rings is 1. The van der Waals surface area contributed by atoms with E-state index < -0.39 is 9.84 Å². The second kappa shape index (κ2) is 11.1. The van der Waals surface area contributed by atoms with Crippen LogP contribution in [0.2, 0.25) is 0 Å². The van der Waals surface area contributed by atoms with Gasteiger partial charge in [-0.25, -0.2) is 8.42 Å². The Labute approximate surface area is 156 Å². The van der Waals surface area contributed by atoms with E-state index in [-0.39, 0.29) is 41.6 Å². The van der Waals surface area contributed by atoms with Crippen molar-refractivity contribution in [2.75, 3.05) is 45.3 Å². The van der Waals surface area contributed by atoms with Crippen LogP contribution in [0.5, 0.6) is 0 Å². The van der Waals surface area contributed by atoms with Gasteiger partial charge in [-0.3, -0.25) is 9.79 Å². The van der Waals surface area contributed by atoms with Crippen LogP contribution in [0.3, 0.4) is 0 Å². The highest BCUT2D eigenvalue weighted by molar-refractivity contribution is 14.0. The fourth-order valence-electron chi connectivity index (χ4n) is 2.49. The van der Waals surface area contributed by atoms with Crippen molar-refractivity contribution in [1.82, 2.24) is 10.2 Å². The SMILES string of the molecule is CCOC(=O)C1CCCN(C(=NC)NCCCS(C)(=O)=O)C1.I. The van der Waals surface area contributed by atoms with Crippen LogP contribution >= 0.6 is 24.0 Å². The number of aliphatic imine (C=N–C) groups is 1. The molecule has 1 fully saturated rings. The number of esters is 1. The van der Waals surface area contributed by atoms with Crippen molar-refractivity contribution >= 4 is 45.7 Å². The third-order valence-electron chi connectivity index (χ3n) is 3.53. The van der Waals surface area contributed by atoms with Gasteiger partial charge < -0.3 is 15.0 Å². The van der Waals surface area contributed by atoms with Gasteiger partial charge in [-0.15, -0.1) is 24.0 Å². The number of halogens is 1. The summed E-state index contributed by atoms with van der Waals surface area (Å²) in [6.07, 6.45) is 3.51. The van der Waals surface area contributed by atoms with Gasteiger partial charge in [-0.1, -0.05) is 0 Å². The molecule has 9 heteroatoms. The summed E-state index contributed by atoms with van der Waals surface area (Å²) >= 11 is 0. The van der Waals surface area contributed by atoms with Crippen molar-refractivity contribution in [2.45, 2.75) is 26.2 Å². The first-order chi connectivity index (χ1) is 10.4. The van der Waals surface area contributed by atoms with Crippen LogP contribution in [0.25, 0.3) is 0 Å². The number of ether oxygens (including phenoxy) is 1. The maximum Gasteiger partial charge on any atom is 0.310 e. The molecule has 1 aliphatic heterocycles. The lowest BCUT2D eigenvalue weighted by molar-refractivity contribution is -0.149. The number of sulfone groups is 1. The predicted octanol–water partition coefficient (Wildman–Crippen LogP) is 0.890. The quantitative estimate of drug-likeness (QED) is 0.208. The Kier molecular flexibility index (Phi) is 10.8. The summed E-state index contributed by atoms with van der Waals surface area (Å²) < 4.78 is 27.3. The van der Waals surface area contributed by atoms with E-state index >= 15 is 0 Å². The second-order valence-electron chi connectivity index (χ2n) is 5.49. The molecule has 1 aliphatic rings. The highest BCUT2D eigenvalue weighted by atomic mass is 127. The zero-order chi connectivity index (χ0) is 16.6. The van der Waals surface area contributed by atoms with Gasteiger partial charge in [0, 0.05) is 32.9 Å². The molecule has 23 heavy (non-hydrogen) atoms. The van der Waals surface area contributed by atoms with E-state index in [1.54, 1.807) is 14.0 Å². The van der Waals surface area contributed by atoms with Gasteiger partial charge in [0.05, 0.1) is 18.3 Å². The molecule has 0 aromatic carbocycles. The smallest absolute Gasteiger partial charge is 0.310 e. The van der Waals surface area contributed by atoms with Crippen LogP contribution in [0, 0.1) is 5.92 Å². The normalized spacial score (nSPS) is 19.0. The van der Waals surface area contributed by atoms with Gasteiger partial charge in [-0.05, 0) is 26.2 Å². The van der Waals surface area contributed by atoms with Crippen LogP contribution in [-0.4, -0.2) is 70.5 Å². The zero-order valence-electron chi connectivity index (χ0n) is 14.1. The van der Waals surface area contributed by atoms with Crippen molar-refractivity contribution in [2.24, 2.45) is 10.9 Å². The molecule has 0 bridgehead atoms. The van der Waals surface area contributed by atoms with Gasteiger partial charge >= 0.3 is 5.97 Å². The molecule has 1 N–H and O–H groups in total. The minimum atomic E-state index is -2.93. The lowest BCUT2D eigenvalue weighted by atomic mass is 9.98. The van der Waals surface area contributed by atoms with Gasteiger partial charge in [0.2, 0.25) is 0 Å². The lowest BCUT2D eigenvalue weighted by Crippen LogP contribution is -2.48. The molecule has 1 unspecified atom stereocenters. The van der Waals surface area contributed by atoms with Crippen LogP contribution in [0.15, 0.2) is 4.99 Å². The van der Waals surface area contributed by atoms with Crippen LogP contribution < -0.4 is 5.32 Å². The summed E-state index contributed by atoms with van der Waals surface area (Å²) in [6, 6.07) is 0. The average molecular weight is 461 g/mol. The number of hydrogen-bond donors (Lipinski definition) is 1. The monoisotopic (exact) mass is 461 g/mol. The summed E-state index contributed by atoms with van der Waals surface area (Å²) in [5.41, 5.74) is 0. The molecule has 1 atom stereocenters. The van der Waals surface area contributed by atoms with Crippen molar-refractivity contribution in [3.8, 4) is 0 Å². The number of carbonyl (C=O) groups excluding carboxylic acids is 1. The Bertz CT molecular complexity index is 496. The minimum Gasteiger partial charge on any atom is -0.466 e. The summed E-state index contributed by atoms with van der Waals surface area (Å²) in [5, 5.41) is 3.16. The summed E-state index contributed by atoms with van der Waals surface area (Å²) in [5.74, 6) is 0.591. The average Bonchev–Trinajstić information content (AvgIpc) is 2.46. The molecular formula is C14H28IN3O4S. The van der Waals surface area contributed by atoms with E-state index in [1.807, 2.05) is 4.90 Å². The van der Waals surface area contributed by atoms with Crippen molar-refractivity contribution in [3.63, 3.8) is 0 Å². The predicted molar refractivity (Wildman–Crippen MR) is 102 cm³/mol. The van der Waals surface area contributed by atoms with E-state index in [0.29, 0.717) is 32.1 Å². The first-order valence-corrected chi connectivity index (χ1v) is 9.73. The molecule has 1 heterocycles. The van der Waals surface area contributed by atoms with E-state index in [9.17, 15) is 13.2 Å². The van der Waals surface area contributed by atoms with Gasteiger partial charge in [0.15, 0.2) is 5.96 Å². The lowest BCUT2D eigenvalue weighted by Gasteiger charge is -2.33. The number of nitrogens with zero attached hydrogens (tertiary/aromatic N) is 2. The molecule has 0 spiro atoms. The van der Waals surface area contributed by atoms with E-state index in [4.69, 9.17) is 4.74 Å². The van der Waals surface area contributed by atoms with Crippen LogP contribution in [0.4, 0.5) is 0 Å². The molecule has 1 rings (SSSR count). The zero-order valence-corrected chi connectivity index (χ0v) is 17.2. The summed E-state index contributed by atoms with van der Waals surface area (Å²) in [4.78, 5) is 18.1. The summed E-state index contributed by atoms with van der Waals surface area (Å²) in [6.45, 7) is 4.17. The first kappa shape index (κ1) is 22.4. The van der Waals surface area contributed by atoms with Crippen molar-refractivity contribution in [1.29, 1.82) is 0 Å². The molecule has 0 radical (unpaired) electrons. The highest BCUT2D eigenvalue weighted by Gasteiger charge is 2.28. The Morgan fingerprint density at radius 1 is 1.43 bits per heavy atom. The third kappa shape index (κ3) is 8.73. The second-order valence-corrected chi connectivity index (χ2v) is 7.75. The molecule has 0 saturated carbocycles. The Morgan fingerprint density at radius 3 is 2.70 bits per heavy atom. The first-order valence-electron chi connectivity index (χ1n) is 7.67. The minimum absolute atomic E-state index is 0. The Hall–Kier alpha value is -0.580. The van der Waals surface area contributed by atoms with Crippen LogP contribution in [0.1, 0.15) is 26.2 Å². The van der Waals surface area contributed by atoms with E-state index in [1.165, 1.54) is 6.26 Å². The molecule has 0 amide bonds. The third-order valence-corrected chi connectivity index (χ3v) is 4.56. The molecule has 0 aromatic rings. The topological polar surface area (TPSA) is 88.1 Å². The molecule has 0 aliphatic carbocycles. The number of rotatable bonds is 6. The van der Waals surface area contributed by atoms with Gasteiger partial charge in [-0.2, -0.15) is 0 Å². The molecule has 0 aromatic heterocycles. The standard InChI is InChI=1S/C14H27N3O4S.HI/c1-4-21-13(18)12-7-5-9-17(11-12)14(15-2)16-8-6-10-22(3,19)20;/h12H,4-11H2,1-3H3,(H,15,16);1H. The fraction of sp³-hybridized carbons (Fsp3) is 0.857. The Morgan fingerprint density at radius 2 is 2.13 bits per heavy atom. The largest absolute Gasteiger partial charge is 0.466 e.